The molecule has 0 spiro atoms. The fourth-order valence-corrected chi connectivity index (χ4v) is 3.54. The zero-order chi connectivity index (χ0) is 20.8. The first kappa shape index (κ1) is 20.5. The fraction of sp³-hybridized carbons (Fsp3) is 0. The van der Waals surface area contributed by atoms with Gasteiger partial charge in [-0.3, -0.25) is 9.98 Å². The van der Waals surface area contributed by atoms with Crippen molar-refractivity contribution in [1.29, 1.82) is 0 Å². The molecule has 4 rings (SSSR count). The third-order valence-corrected chi connectivity index (χ3v) is 5.60. The van der Waals surface area contributed by atoms with E-state index in [2.05, 4.69) is 44.0 Å². The molecule has 0 fully saturated rings. The molecule has 146 valence electrons. The summed E-state index contributed by atoms with van der Waals surface area (Å²) < 4.78 is 2.11. The van der Waals surface area contributed by atoms with Crippen LogP contribution in [0.3, 0.4) is 0 Å². The Balaban J connectivity index is 1.68. The lowest BCUT2D eigenvalue weighted by molar-refractivity contribution is 1.47. The van der Waals surface area contributed by atoms with Crippen LogP contribution in [0.2, 0.25) is 0 Å². The van der Waals surface area contributed by atoms with Gasteiger partial charge in [-0.25, -0.2) is 0 Å². The number of hydrogen-bond donors (Lipinski definition) is 0. The largest absolute Gasteiger partial charge is 0.256 e. The molecule has 0 atom stereocenters. The van der Waals surface area contributed by atoms with Crippen LogP contribution in [0.5, 0.6) is 0 Å². The highest BCUT2D eigenvalue weighted by atomic mass is 79.9. The van der Waals surface area contributed by atoms with Crippen molar-refractivity contribution >= 4 is 55.7 Å². The molecule has 0 N–H and O–H groups in total. The smallest absolute Gasteiger partial charge is 0.0709 e. The molecule has 4 heteroatoms. The summed E-state index contributed by atoms with van der Waals surface area (Å²) in [4.78, 5) is 9.51. The van der Waals surface area contributed by atoms with Crippen LogP contribution >= 0.6 is 31.9 Å². The van der Waals surface area contributed by atoms with Gasteiger partial charge in [0.2, 0.25) is 0 Å². The van der Waals surface area contributed by atoms with E-state index in [1.165, 1.54) is 0 Å². The van der Waals surface area contributed by atoms with Crippen molar-refractivity contribution in [2.75, 3.05) is 0 Å². The zero-order valence-electron chi connectivity index (χ0n) is 16.0. The van der Waals surface area contributed by atoms with E-state index in [1.54, 1.807) is 0 Å². The molecule has 4 aromatic carbocycles. The number of aliphatic imine (C=N–C) groups is 2. The van der Waals surface area contributed by atoms with E-state index in [4.69, 9.17) is 9.98 Å². The van der Waals surface area contributed by atoms with Crippen LogP contribution < -0.4 is 0 Å². The van der Waals surface area contributed by atoms with E-state index in [-0.39, 0.29) is 0 Å². The number of para-hydroxylation sites is 2. The van der Waals surface area contributed by atoms with Gasteiger partial charge in [-0.05, 0) is 47.5 Å². The Hall–Kier alpha value is -2.82. The monoisotopic (exact) mass is 516 g/mol. The van der Waals surface area contributed by atoms with Gasteiger partial charge in [0.1, 0.15) is 0 Å². The molecule has 0 heterocycles. The van der Waals surface area contributed by atoms with Gasteiger partial charge in [0, 0.05) is 32.5 Å². The molecule has 0 aliphatic rings. The highest BCUT2D eigenvalue weighted by Gasteiger charge is 2.08. The molecule has 4 aromatic rings. The predicted molar refractivity (Wildman–Crippen MR) is 135 cm³/mol. The molecule has 0 amide bonds. The van der Waals surface area contributed by atoms with Crippen LogP contribution in [-0.2, 0) is 0 Å². The summed E-state index contributed by atoms with van der Waals surface area (Å²) in [6.45, 7) is 0. The van der Waals surface area contributed by atoms with Crippen molar-refractivity contribution in [3.63, 3.8) is 0 Å². The van der Waals surface area contributed by atoms with E-state index in [1.807, 2.05) is 97.4 Å². The summed E-state index contributed by atoms with van der Waals surface area (Å²) in [6.07, 6.45) is 3.78. The Morgan fingerprint density at radius 1 is 0.467 bits per heavy atom. The quantitative estimate of drug-likeness (QED) is 0.237. The molecule has 0 saturated carbocycles. The summed E-state index contributed by atoms with van der Waals surface area (Å²) >= 11 is 6.93. The maximum Gasteiger partial charge on any atom is 0.0709 e. The van der Waals surface area contributed by atoms with Crippen molar-refractivity contribution in [1.82, 2.24) is 0 Å². The van der Waals surface area contributed by atoms with Gasteiger partial charge in [0.25, 0.3) is 0 Å². The number of benzene rings is 4. The van der Waals surface area contributed by atoms with Crippen molar-refractivity contribution in [2.45, 2.75) is 0 Å². The van der Waals surface area contributed by atoms with Crippen LogP contribution in [0.1, 0.15) is 11.1 Å². The lowest BCUT2D eigenvalue weighted by atomic mass is 10.0. The average Bonchev–Trinajstić information content (AvgIpc) is 2.79. The first-order valence-corrected chi connectivity index (χ1v) is 11.1. The molecule has 0 aliphatic heterocycles. The van der Waals surface area contributed by atoms with Gasteiger partial charge in [0.15, 0.2) is 0 Å². The Labute approximate surface area is 193 Å². The number of hydrogen-bond acceptors (Lipinski definition) is 2. The van der Waals surface area contributed by atoms with Crippen molar-refractivity contribution in [3.8, 4) is 11.1 Å². The molecule has 0 aliphatic carbocycles. The summed E-state index contributed by atoms with van der Waals surface area (Å²) in [5.74, 6) is 0. The topological polar surface area (TPSA) is 24.7 Å². The lowest BCUT2D eigenvalue weighted by Gasteiger charge is -2.09. The highest BCUT2D eigenvalue weighted by Crippen LogP contribution is 2.36. The van der Waals surface area contributed by atoms with E-state index in [0.29, 0.717) is 0 Å². The Morgan fingerprint density at radius 3 is 1.23 bits per heavy atom. The number of rotatable bonds is 5. The minimum atomic E-state index is 0.909. The van der Waals surface area contributed by atoms with Crippen LogP contribution in [0.25, 0.3) is 11.1 Å². The van der Waals surface area contributed by atoms with Gasteiger partial charge in [-0.1, -0.05) is 92.5 Å². The second-order valence-corrected chi connectivity index (χ2v) is 8.49. The van der Waals surface area contributed by atoms with Gasteiger partial charge < -0.3 is 0 Å². The fourth-order valence-electron chi connectivity index (χ4n) is 3.01. The molecule has 2 nitrogen and oxygen atoms in total. The summed E-state index contributed by atoms with van der Waals surface area (Å²) in [6, 6.07) is 32.5. The molecule has 0 bridgehead atoms. The standard InChI is InChI=1S/C26H18Br2N2/c27-21-13-9-19(10-14-21)17-29-25-7-3-1-5-23(25)24-6-2-4-8-26(24)30-18-20-11-15-22(28)16-12-20/h1-18H. The van der Waals surface area contributed by atoms with E-state index in [9.17, 15) is 0 Å². The third-order valence-electron chi connectivity index (χ3n) is 4.54. The van der Waals surface area contributed by atoms with E-state index in [0.717, 1.165) is 42.6 Å². The van der Waals surface area contributed by atoms with Crippen LogP contribution in [0.15, 0.2) is 116 Å². The van der Waals surface area contributed by atoms with Gasteiger partial charge in [-0.15, -0.1) is 0 Å². The second-order valence-electron chi connectivity index (χ2n) is 6.65. The van der Waals surface area contributed by atoms with Crippen molar-refractivity contribution in [2.24, 2.45) is 9.98 Å². The third kappa shape index (κ3) is 5.21. The van der Waals surface area contributed by atoms with Gasteiger partial charge >= 0.3 is 0 Å². The minimum absolute atomic E-state index is 0.909. The summed E-state index contributed by atoms with van der Waals surface area (Å²) in [7, 11) is 0. The SMILES string of the molecule is Brc1ccc(C=Nc2ccccc2-c2ccccc2N=Cc2ccc(Br)cc2)cc1. The maximum atomic E-state index is 4.75. The molecular formula is C26H18Br2N2. The van der Waals surface area contributed by atoms with E-state index < -0.39 is 0 Å². The molecule has 0 saturated heterocycles. The molecular weight excluding hydrogens is 500 g/mol. The second kappa shape index (κ2) is 9.79. The number of nitrogens with zero attached hydrogens (tertiary/aromatic N) is 2. The summed E-state index contributed by atoms with van der Waals surface area (Å²) in [5.41, 5.74) is 6.02. The Bertz CT molecular complexity index is 1100. The normalized spacial score (nSPS) is 11.4. The maximum absolute atomic E-state index is 4.75. The highest BCUT2D eigenvalue weighted by molar-refractivity contribution is 9.10. The summed E-state index contributed by atoms with van der Waals surface area (Å²) in [5, 5.41) is 0. The molecule has 0 aromatic heterocycles. The number of halogens is 2. The van der Waals surface area contributed by atoms with Crippen molar-refractivity contribution in [3.05, 3.63) is 117 Å². The zero-order valence-corrected chi connectivity index (χ0v) is 19.2. The Morgan fingerprint density at radius 2 is 0.833 bits per heavy atom. The lowest BCUT2D eigenvalue weighted by Crippen LogP contribution is -1.84. The first-order valence-electron chi connectivity index (χ1n) is 9.47. The van der Waals surface area contributed by atoms with Gasteiger partial charge in [0.05, 0.1) is 11.4 Å². The van der Waals surface area contributed by atoms with Crippen molar-refractivity contribution < 1.29 is 0 Å². The van der Waals surface area contributed by atoms with Crippen LogP contribution in [0, 0.1) is 0 Å². The van der Waals surface area contributed by atoms with E-state index >= 15 is 0 Å². The minimum Gasteiger partial charge on any atom is -0.256 e. The van der Waals surface area contributed by atoms with Crippen LogP contribution in [-0.4, -0.2) is 12.4 Å². The first-order chi connectivity index (χ1) is 14.7. The predicted octanol–water partition coefficient (Wildman–Crippen LogP) is 8.38. The Kier molecular flexibility index (Phi) is 6.67. The molecule has 0 radical (unpaired) electrons. The van der Waals surface area contributed by atoms with Gasteiger partial charge in [-0.2, -0.15) is 0 Å². The molecule has 0 unspecified atom stereocenters. The molecule has 30 heavy (non-hydrogen) atoms. The van der Waals surface area contributed by atoms with Crippen LogP contribution in [0.4, 0.5) is 11.4 Å². The average molecular weight is 518 g/mol.